The molecule has 0 N–H and O–H groups in total. The van der Waals surface area contributed by atoms with E-state index in [0.717, 1.165) is 5.75 Å². The second kappa shape index (κ2) is 5.67. The molecule has 0 radical (unpaired) electrons. The zero-order valence-corrected chi connectivity index (χ0v) is 11.6. The minimum Gasteiger partial charge on any atom is -0.492 e. The highest BCUT2D eigenvalue weighted by atomic mass is 31.2. The summed E-state index contributed by atoms with van der Waals surface area (Å²) in [4.78, 5) is 0. The second-order valence-corrected chi connectivity index (χ2v) is 7.21. The van der Waals surface area contributed by atoms with Crippen LogP contribution in [0.4, 0.5) is 0 Å². The molecule has 0 aliphatic rings. The normalized spacial score (nSPS) is 12.5. The van der Waals surface area contributed by atoms with Gasteiger partial charge in [0.05, 0.1) is 0 Å². The Morgan fingerprint density at radius 1 is 1.12 bits per heavy atom. The first-order valence-electron chi connectivity index (χ1n) is 5.34. The van der Waals surface area contributed by atoms with Crippen molar-refractivity contribution in [3.05, 3.63) is 30.3 Å². The van der Waals surface area contributed by atoms with Crippen LogP contribution in [0.15, 0.2) is 30.3 Å². The number of benzene rings is 1. The van der Waals surface area contributed by atoms with Crippen LogP contribution in [-0.4, -0.2) is 26.0 Å². The molecule has 0 fully saturated rings. The standard InChI is InChI=1S/C12H19O4P/c1-12(2,17(13,14-3)15-4)10-16-11-8-6-5-7-9-11/h5-9H,10H2,1-4H3. The summed E-state index contributed by atoms with van der Waals surface area (Å²) in [5, 5.41) is -0.702. The third-order valence-corrected chi connectivity index (χ3v) is 5.13. The summed E-state index contributed by atoms with van der Waals surface area (Å²) in [5.74, 6) is 0.735. The van der Waals surface area contributed by atoms with Gasteiger partial charge in [-0.25, -0.2) is 0 Å². The zero-order valence-electron chi connectivity index (χ0n) is 10.7. The fourth-order valence-corrected chi connectivity index (χ4v) is 2.78. The summed E-state index contributed by atoms with van der Waals surface area (Å²) >= 11 is 0. The van der Waals surface area contributed by atoms with Gasteiger partial charge in [0.15, 0.2) is 0 Å². The minimum atomic E-state index is -3.15. The van der Waals surface area contributed by atoms with Crippen molar-refractivity contribution in [1.82, 2.24) is 0 Å². The monoisotopic (exact) mass is 258 g/mol. The molecule has 0 aliphatic heterocycles. The fraction of sp³-hybridized carbons (Fsp3) is 0.500. The molecule has 0 bridgehead atoms. The Kier molecular flexibility index (Phi) is 4.75. The van der Waals surface area contributed by atoms with Gasteiger partial charge < -0.3 is 13.8 Å². The van der Waals surface area contributed by atoms with Crippen molar-refractivity contribution in [3.63, 3.8) is 0 Å². The Labute approximate surface area is 102 Å². The molecule has 0 unspecified atom stereocenters. The van der Waals surface area contributed by atoms with Crippen molar-refractivity contribution in [2.75, 3.05) is 20.8 Å². The van der Waals surface area contributed by atoms with Gasteiger partial charge >= 0.3 is 7.60 Å². The average Bonchev–Trinajstić information content (AvgIpc) is 2.36. The Hall–Kier alpha value is -0.830. The Morgan fingerprint density at radius 2 is 1.65 bits per heavy atom. The van der Waals surface area contributed by atoms with E-state index in [1.54, 1.807) is 13.8 Å². The summed E-state index contributed by atoms with van der Waals surface area (Å²) in [6, 6.07) is 9.37. The fourth-order valence-electron chi connectivity index (χ4n) is 1.42. The zero-order chi connectivity index (χ0) is 12.9. The summed E-state index contributed by atoms with van der Waals surface area (Å²) in [5.41, 5.74) is 0. The summed E-state index contributed by atoms with van der Waals surface area (Å²) in [6.45, 7) is 3.85. The number of ether oxygens (including phenoxy) is 1. The number of hydrogen-bond acceptors (Lipinski definition) is 4. The van der Waals surface area contributed by atoms with E-state index in [1.807, 2.05) is 30.3 Å². The maximum absolute atomic E-state index is 12.3. The molecule has 0 atom stereocenters. The van der Waals surface area contributed by atoms with Gasteiger partial charge in [-0.15, -0.1) is 0 Å². The van der Waals surface area contributed by atoms with Crippen LogP contribution in [0, 0.1) is 0 Å². The van der Waals surface area contributed by atoms with Gasteiger partial charge in [0, 0.05) is 14.2 Å². The molecule has 96 valence electrons. The smallest absolute Gasteiger partial charge is 0.339 e. The van der Waals surface area contributed by atoms with Crippen LogP contribution >= 0.6 is 7.60 Å². The Bertz CT molecular complexity index is 381. The van der Waals surface area contributed by atoms with Gasteiger partial charge in [-0.3, -0.25) is 4.57 Å². The van der Waals surface area contributed by atoms with Crippen molar-refractivity contribution in [2.45, 2.75) is 19.0 Å². The highest BCUT2D eigenvalue weighted by Crippen LogP contribution is 2.58. The highest BCUT2D eigenvalue weighted by Gasteiger charge is 2.42. The summed E-state index contributed by atoms with van der Waals surface area (Å²) in [7, 11) is -0.379. The molecular formula is C12H19O4P. The lowest BCUT2D eigenvalue weighted by Crippen LogP contribution is -2.30. The second-order valence-electron chi connectivity index (χ2n) is 4.28. The van der Waals surface area contributed by atoms with Gasteiger partial charge in [0.2, 0.25) is 0 Å². The van der Waals surface area contributed by atoms with Crippen molar-refractivity contribution in [3.8, 4) is 5.75 Å². The Balaban J connectivity index is 2.70. The van der Waals surface area contributed by atoms with Gasteiger partial charge in [-0.2, -0.15) is 0 Å². The molecule has 5 heteroatoms. The van der Waals surface area contributed by atoms with E-state index in [0.29, 0.717) is 0 Å². The van der Waals surface area contributed by atoms with Crippen LogP contribution in [0.25, 0.3) is 0 Å². The van der Waals surface area contributed by atoms with Gasteiger partial charge in [-0.05, 0) is 26.0 Å². The number of hydrogen-bond donors (Lipinski definition) is 0. The molecule has 1 aromatic rings. The average molecular weight is 258 g/mol. The predicted molar refractivity (Wildman–Crippen MR) is 67.6 cm³/mol. The largest absolute Gasteiger partial charge is 0.492 e. The van der Waals surface area contributed by atoms with Crippen LogP contribution in [0.2, 0.25) is 0 Å². The lowest BCUT2D eigenvalue weighted by atomic mass is 10.2. The summed E-state index contributed by atoms with van der Waals surface area (Å²) in [6.07, 6.45) is 0. The molecule has 0 heterocycles. The van der Waals surface area contributed by atoms with E-state index >= 15 is 0 Å². The van der Waals surface area contributed by atoms with E-state index in [1.165, 1.54) is 14.2 Å². The van der Waals surface area contributed by atoms with Crippen molar-refractivity contribution in [2.24, 2.45) is 0 Å². The molecule has 0 saturated carbocycles. The van der Waals surface area contributed by atoms with Crippen molar-refractivity contribution in [1.29, 1.82) is 0 Å². The van der Waals surface area contributed by atoms with Crippen LogP contribution in [0.1, 0.15) is 13.8 Å². The number of rotatable bonds is 6. The molecule has 0 aromatic heterocycles. The quantitative estimate of drug-likeness (QED) is 0.734. The van der Waals surface area contributed by atoms with E-state index in [2.05, 4.69) is 0 Å². The van der Waals surface area contributed by atoms with Crippen LogP contribution in [0.5, 0.6) is 5.75 Å². The van der Waals surface area contributed by atoms with Crippen LogP contribution in [0.3, 0.4) is 0 Å². The third kappa shape index (κ3) is 3.32. The molecular weight excluding hydrogens is 239 g/mol. The van der Waals surface area contributed by atoms with Crippen molar-refractivity contribution >= 4 is 7.60 Å². The van der Waals surface area contributed by atoms with Gasteiger partial charge in [0.1, 0.15) is 17.5 Å². The maximum Gasteiger partial charge on any atom is 0.339 e. The molecule has 0 spiro atoms. The molecule has 0 amide bonds. The first-order valence-corrected chi connectivity index (χ1v) is 6.89. The first kappa shape index (κ1) is 14.2. The van der Waals surface area contributed by atoms with Gasteiger partial charge in [0.25, 0.3) is 0 Å². The third-order valence-electron chi connectivity index (χ3n) is 2.56. The lowest BCUT2D eigenvalue weighted by molar-refractivity contribution is 0.212. The molecule has 1 rings (SSSR count). The van der Waals surface area contributed by atoms with E-state index < -0.39 is 12.8 Å². The molecule has 0 aliphatic carbocycles. The summed E-state index contributed by atoms with van der Waals surface area (Å²) < 4.78 is 27.8. The number of para-hydroxylation sites is 1. The molecule has 1 aromatic carbocycles. The SMILES string of the molecule is COP(=O)(OC)C(C)(C)COc1ccccc1. The lowest BCUT2D eigenvalue weighted by Gasteiger charge is -2.30. The predicted octanol–water partition coefficient (Wildman–Crippen LogP) is 3.33. The topological polar surface area (TPSA) is 44.8 Å². The molecule has 4 nitrogen and oxygen atoms in total. The molecule has 17 heavy (non-hydrogen) atoms. The van der Waals surface area contributed by atoms with Crippen LogP contribution < -0.4 is 4.74 Å². The Morgan fingerprint density at radius 3 is 2.12 bits per heavy atom. The van der Waals surface area contributed by atoms with Crippen molar-refractivity contribution < 1.29 is 18.3 Å². The van der Waals surface area contributed by atoms with E-state index in [-0.39, 0.29) is 6.61 Å². The highest BCUT2D eigenvalue weighted by molar-refractivity contribution is 7.55. The van der Waals surface area contributed by atoms with E-state index in [4.69, 9.17) is 13.8 Å². The molecule has 0 saturated heterocycles. The first-order chi connectivity index (χ1) is 7.95. The maximum atomic E-state index is 12.3. The van der Waals surface area contributed by atoms with E-state index in [9.17, 15) is 4.57 Å². The minimum absolute atomic E-state index is 0.260. The van der Waals surface area contributed by atoms with Gasteiger partial charge in [-0.1, -0.05) is 18.2 Å². The van der Waals surface area contributed by atoms with Crippen LogP contribution in [-0.2, 0) is 13.6 Å².